The molecule has 0 saturated carbocycles. The van der Waals surface area contributed by atoms with E-state index in [2.05, 4.69) is 22.4 Å². The van der Waals surface area contributed by atoms with E-state index in [4.69, 9.17) is 0 Å². The quantitative estimate of drug-likeness (QED) is 0.753. The summed E-state index contributed by atoms with van der Waals surface area (Å²) < 4.78 is 1.65. The number of rotatable bonds is 3. The minimum Gasteiger partial charge on any atom is -0.313 e. The second-order valence-corrected chi connectivity index (χ2v) is 2.85. The number of nitrogens with one attached hydrogen (secondary N) is 1. The first-order chi connectivity index (χ1) is 6.42. The van der Waals surface area contributed by atoms with E-state index in [0.29, 0.717) is 0 Å². The molecule has 2 rings (SSSR count). The Kier molecular flexibility index (Phi) is 2.23. The van der Waals surface area contributed by atoms with Crippen molar-refractivity contribution in [3.63, 3.8) is 0 Å². The predicted octanol–water partition coefficient (Wildman–Crippen LogP) is 0.839. The summed E-state index contributed by atoms with van der Waals surface area (Å²) in [4.78, 5) is 0. The predicted molar refractivity (Wildman–Crippen MR) is 50.4 cm³/mol. The third kappa shape index (κ3) is 1.53. The highest BCUT2D eigenvalue weighted by Crippen LogP contribution is 2.07. The fourth-order valence-electron chi connectivity index (χ4n) is 1.28. The van der Waals surface area contributed by atoms with Gasteiger partial charge in [0.25, 0.3) is 0 Å². The number of aromatic nitrogens is 3. The van der Waals surface area contributed by atoms with Crippen LogP contribution in [0, 0.1) is 0 Å². The van der Waals surface area contributed by atoms with Gasteiger partial charge in [0.05, 0.1) is 11.7 Å². The maximum absolute atomic E-state index is 4.14. The Morgan fingerprint density at radius 1 is 1.46 bits per heavy atom. The number of hydrogen-bond donors (Lipinski definition) is 1. The number of hydrogen-bond acceptors (Lipinski definition) is 3. The standard InChI is InChI=1S/C9H12N4/c1-2-10-6-8-7-12-13-9(8)4-3-5-11-13/h3-5,7,10H,2,6H2,1H3. The van der Waals surface area contributed by atoms with Crippen molar-refractivity contribution in [1.29, 1.82) is 0 Å². The lowest BCUT2D eigenvalue weighted by molar-refractivity contribution is 0.730. The molecular formula is C9H12N4. The molecule has 1 N–H and O–H groups in total. The molecule has 4 heteroatoms. The van der Waals surface area contributed by atoms with Crippen LogP contribution in [0.1, 0.15) is 12.5 Å². The summed E-state index contributed by atoms with van der Waals surface area (Å²) in [6.45, 7) is 3.91. The molecule has 0 radical (unpaired) electrons. The molecule has 4 nitrogen and oxygen atoms in total. The van der Waals surface area contributed by atoms with Crippen LogP contribution < -0.4 is 5.32 Å². The molecule has 0 unspecified atom stereocenters. The van der Waals surface area contributed by atoms with Crippen molar-refractivity contribution in [1.82, 2.24) is 20.1 Å². The van der Waals surface area contributed by atoms with Crippen LogP contribution in [0.4, 0.5) is 0 Å². The highest BCUT2D eigenvalue weighted by molar-refractivity contribution is 5.51. The summed E-state index contributed by atoms with van der Waals surface area (Å²) in [5.41, 5.74) is 2.26. The van der Waals surface area contributed by atoms with Crippen LogP contribution >= 0.6 is 0 Å². The molecule has 0 saturated heterocycles. The maximum atomic E-state index is 4.14. The normalized spacial score (nSPS) is 10.8. The Morgan fingerprint density at radius 3 is 3.23 bits per heavy atom. The van der Waals surface area contributed by atoms with Crippen molar-refractivity contribution < 1.29 is 0 Å². The average molecular weight is 176 g/mol. The molecular weight excluding hydrogens is 164 g/mol. The number of nitrogens with zero attached hydrogens (tertiary/aromatic N) is 3. The fourth-order valence-corrected chi connectivity index (χ4v) is 1.28. The fraction of sp³-hybridized carbons (Fsp3) is 0.333. The van der Waals surface area contributed by atoms with Gasteiger partial charge in [-0.05, 0) is 18.7 Å². The van der Waals surface area contributed by atoms with E-state index >= 15 is 0 Å². The zero-order valence-electron chi connectivity index (χ0n) is 7.57. The van der Waals surface area contributed by atoms with Crippen molar-refractivity contribution in [2.75, 3.05) is 6.54 Å². The minimum atomic E-state index is 0.853. The second kappa shape index (κ2) is 3.53. The van der Waals surface area contributed by atoms with Gasteiger partial charge < -0.3 is 5.32 Å². The van der Waals surface area contributed by atoms with Crippen LogP contribution in [0.5, 0.6) is 0 Å². The molecule has 0 bridgehead atoms. The largest absolute Gasteiger partial charge is 0.313 e. The molecule has 2 heterocycles. The molecule has 0 amide bonds. The topological polar surface area (TPSA) is 42.2 Å². The van der Waals surface area contributed by atoms with Crippen molar-refractivity contribution >= 4 is 5.52 Å². The number of fused-ring (bicyclic) bond motifs is 1. The Bertz CT molecular complexity index is 393. The van der Waals surface area contributed by atoms with E-state index in [1.807, 2.05) is 18.3 Å². The summed E-state index contributed by atoms with van der Waals surface area (Å²) in [6.07, 6.45) is 3.59. The van der Waals surface area contributed by atoms with Crippen LogP contribution in [-0.4, -0.2) is 21.4 Å². The van der Waals surface area contributed by atoms with Crippen molar-refractivity contribution in [2.24, 2.45) is 0 Å². The van der Waals surface area contributed by atoms with Gasteiger partial charge in [-0.1, -0.05) is 6.92 Å². The van der Waals surface area contributed by atoms with Crippen LogP contribution in [-0.2, 0) is 6.54 Å². The lowest BCUT2D eigenvalue weighted by atomic mass is 10.3. The van der Waals surface area contributed by atoms with Crippen LogP contribution in [0.15, 0.2) is 24.5 Å². The van der Waals surface area contributed by atoms with Gasteiger partial charge in [0.2, 0.25) is 0 Å². The summed E-state index contributed by atoms with van der Waals surface area (Å²) >= 11 is 0. The molecule has 2 aromatic heterocycles. The van der Waals surface area contributed by atoms with E-state index in [-0.39, 0.29) is 0 Å². The van der Waals surface area contributed by atoms with Gasteiger partial charge in [0, 0.05) is 18.3 Å². The van der Waals surface area contributed by atoms with Gasteiger partial charge in [-0.3, -0.25) is 0 Å². The van der Waals surface area contributed by atoms with Crippen molar-refractivity contribution in [3.05, 3.63) is 30.1 Å². The first-order valence-electron chi connectivity index (χ1n) is 4.40. The molecule has 68 valence electrons. The lowest BCUT2D eigenvalue weighted by Crippen LogP contribution is -2.11. The van der Waals surface area contributed by atoms with Crippen LogP contribution in [0.25, 0.3) is 5.52 Å². The maximum Gasteiger partial charge on any atom is 0.0918 e. The van der Waals surface area contributed by atoms with E-state index in [0.717, 1.165) is 18.6 Å². The first kappa shape index (κ1) is 8.19. The van der Waals surface area contributed by atoms with Crippen molar-refractivity contribution in [3.8, 4) is 0 Å². The Hall–Kier alpha value is -1.42. The lowest BCUT2D eigenvalue weighted by Gasteiger charge is -1.97. The molecule has 0 spiro atoms. The molecule has 0 atom stereocenters. The molecule has 0 aliphatic heterocycles. The third-order valence-electron chi connectivity index (χ3n) is 1.95. The van der Waals surface area contributed by atoms with Gasteiger partial charge in [-0.2, -0.15) is 14.8 Å². The van der Waals surface area contributed by atoms with Crippen LogP contribution in [0.3, 0.4) is 0 Å². The van der Waals surface area contributed by atoms with E-state index in [1.54, 1.807) is 10.8 Å². The molecule has 2 aromatic rings. The Morgan fingerprint density at radius 2 is 2.38 bits per heavy atom. The van der Waals surface area contributed by atoms with Gasteiger partial charge >= 0.3 is 0 Å². The van der Waals surface area contributed by atoms with Gasteiger partial charge in [0.15, 0.2) is 0 Å². The summed E-state index contributed by atoms with van der Waals surface area (Å²) in [5.74, 6) is 0. The molecule has 13 heavy (non-hydrogen) atoms. The molecule has 0 fully saturated rings. The zero-order valence-corrected chi connectivity index (χ0v) is 7.57. The molecule has 0 aliphatic rings. The zero-order chi connectivity index (χ0) is 9.10. The van der Waals surface area contributed by atoms with Gasteiger partial charge in [-0.25, -0.2) is 0 Å². The molecule has 0 aromatic carbocycles. The van der Waals surface area contributed by atoms with Crippen molar-refractivity contribution in [2.45, 2.75) is 13.5 Å². The Labute approximate surface area is 76.6 Å². The third-order valence-corrected chi connectivity index (χ3v) is 1.95. The average Bonchev–Trinajstić information content (AvgIpc) is 2.58. The highest BCUT2D eigenvalue weighted by atomic mass is 15.4. The minimum absolute atomic E-state index is 0.853. The SMILES string of the molecule is CCNCc1cnn2ncccc12. The first-order valence-corrected chi connectivity index (χ1v) is 4.40. The summed E-state index contributed by atoms with van der Waals surface area (Å²) in [6, 6.07) is 3.94. The monoisotopic (exact) mass is 176 g/mol. The van der Waals surface area contributed by atoms with E-state index in [1.165, 1.54) is 5.56 Å². The van der Waals surface area contributed by atoms with E-state index in [9.17, 15) is 0 Å². The Balaban J connectivity index is 2.35. The van der Waals surface area contributed by atoms with E-state index < -0.39 is 0 Å². The second-order valence-electron chi connectivity index (χ2n) is 2.85. The highest BCUT2D eigenvalue weighted by Gasteiger charge is 2.01. The smallest absolute Gasteiger partial charge is 0.0918 e. The van der Waals surface area contributed by atoms with Crippen LogP contribution in [0.2, 0.25) is 0 Å². The molecule has 0 aliphatic carbocycles. The van der Waals surface area contributed by atoms with Gasteiger partial charge in [-0.15, -0.1) is 0 Å². The van der Waals surface area contributed by atoms with Gasteiger partial charge in [0.1, 0.15) is 0 Å². The summed E-state index contributed by atoms with van der Waals surface area (Å²) in [7, 11) is 0. The summed E-state index contributed by atoms with van der Waals surface area (Å²) in [5, 5.41) is 11.5.